The van der Waals surface area contributed by atoms with Crippen LogP contribution in [0.4, 0.5) is 0 Å². The second-order valence-corrected chi connectivity index (χ2v) is 5.36. The summed E-state index contributed by atoms with van der Waals surface area (Å²) >= 11 is 5.83. The van der Waals surface area contributed by atoms with E-state index in [2.05, 4.69) is 5.43 Å². The standard InChI is InChI=1S/C14H21ClN2O2/c15-12-1-3-14(4-2-12)19-10-13(17-16)9-11-5-7-18-8-6-11/h1-4,11,13,17H,5-10,16H2. The maximum atomic E-state index is 5.83. The van der Waals surface area contributed by atoms with E-state index in [9.17, 15) is 0 Å². The Morgan fingerprint density at radius 2 is 2.00 bits per heavy atom. The Balaban J connectivity index is 1.76. The molecule has 19 heavy (non-hydrogen) atoms. The molecule has 0 saturated carbocycles. The predicted octanol–water partition coefficient (Wildman–Crippen LogP) is 2.37. The Morgan fingerprint density at radius 3 is 2.63 bits per heavy atom. The van der Waals surface area contributed by atoms with Crippen molar-refractivity contribution in [2.24, 2.45) is 11.8 Å². The van der Waals surface area contributed by atoms with Crippen LogP contribution in [-0.2, 0) is 4.74 Å². The number of ether oxygens (including phenoxy) is 2. The Morgan fingerprint density at radius 1 is 1.32 bits per heavy atom. The minimum absolute atomic E-state index is 0.166. The highest BCUT2D eigenvalue weighted by Crippen LogP contribution is 2.21. The molecular formula is C14H21ClN2O2. The molecule has 0 radical (unpaired) electrons. The fourth-order valence-electron chi connectivity index (χ4n) is 2.30. The molecule has 3 N–H and O–H groups in total. The van der Waals surface area contributed by atoms with Gasteiger partial charge in [-0.05, 0) is 49.4 Å². The van der Waals surface area contributed by atoms with Gasteiger partial charge in [0.2, 0.25) is 0 Å². The third-order valence-electron chi connectivity index (χ3n) is 3.46. The quantitative estimate of drug-likeness (QED) is 0.622. The number of hydrazine groups is 1. The predicted molar refractivity (Wildman–Crippen MR) is 76.2 cm³/mol. The highest BCUT2D eigenvalue weighted by atomic mass is 35.5. The zero-order valence-corrected chi connectivity index (χ0v) is 11.7. The van der Waals surface area contributed by atoms with Crippen molar-refractivity contribution in [2.45, 2.75) is 25.3 Å². The molecule has 2 rings (SSSR count). The summed E-state index contributed by atoms with van der Waals surface area (Å²) in [4.78, 5) is 0. The van der Waals surface area contributed by atoms with E-state index in [1.54, 1.807) is 0 Å². The second-order valence-electron chi connectivity index (χ2n) is 4.92. The smallest absolute Gasteiger partial charge is 0.119 e. The molecule has 5 heteroatoms. The topological polar surface area (TPSA) is 56.5 Å². The lowest BCUT2D eigenvalue weighted by Crippen LogP contribution is -2.41. The first-order valence-electron chi connectivity index (χ1n) is 6.70. The number of nitrogens with one attached hydrogen (secondary N) is 1. The fourth-order valence-corrected chi connectivity index (χ4v) is 2.42. The lowest BCUT2D eigenvalue weighted by molar-refractivity contribution is 0.0581. The van der Waals surface area contributed by atoms with Gasteiger partial charge in [-0.15, -0.1) is 0 Å². The molecular weight excluding hydrogens is 264 g/mol. The Bertz CT molecular complexity index is 366. The molecule has 0 amide bonds. The van der Waals surface area contributed by atoms with Crippen LogP contribution in [0, 0.1) is 5.92 Å². The molecule has 1 aliphatic heterocycles. The minimum Gasteiger partial charge on any atom is -0.492 e. The minimum atomic E-state index is 0.166. The maximum Gasteiger partial charge on any atom is 0.119 e. The monoisotopic (exact) mass is 284 g/mol. The molecule has 0 aliphatic carbocycles. The van der Waals surface area contributed by atoms with Gasteiger partial charge in [-0.2, -0.15) is 0 Å². The van der Waals surface area contributed by atoms with E-state index in [0.29, 0.717) is 17.5 Å². The number of hydrogen-bond donors (Lipinski definition) is 2. The van der Waals surface area contributed by atoms with Gasteiger partial charge in [-0.25, -0.2) is 0 Å². The summed E-state index contributed by atoms with van der Waals surface area (Å²) in [5.41, 5.74) is 2.84. The first kappa shape index (κ1) is 14.6. The summed E-state index contributed by atoms with van der Waals surface area (Å²) < 4.78 is 11.1. The van der Waals surface area contributed by atoms with Gasteiger partial charge in [-0.1, -0.05) is 11.6 Å². The van der Waals surface area contributed by atoms with E-state index in [1.165, 1.54) is 0 Å². The average Bonchev–Trinajstić information content (AvgIpc) is 2.46. The third kappa shape index (κ3) is 4.99. The van der Waals surface area contributed by atoms with Gasteiger partial charge >= 0.3 is 0 Å². The molecule has 0 aromatic heterocycles. The lowest BCUT2D eigenvalue weighted by atomic mass is 9.93. The molecule has 1 saturated heterocycles. The summed E-state index contributed by atoms with van der Waals surface area (Å²) in [5.74, 6) is 7.08. The van der Waals surface area contributed by atoms with Crippen LogP contribution in [0.15, 0.2) is 24.3 Å². The van der Waals surface area contributed by atoms with Crippen LogP contribution in [0.5, 0.6) is 5.75 Å². The maximum absolute atomic E-state index is 5.83. The fraction of sp³-hybridized carbons (Fsp3) is 0.571. The molecule has 1 atom stereocenters. The second kappa shape index (κ2) is 7.70. The van der Waals surface area contributed by atoms with E-state index in [1.807, 2.05) is 24.3 Å². The van der Waals surface area contributed by atoms with E-state index < -0.39 is 0 Å². The van der Waals surface area contributed by atoms with Crippen molar-refractivity contribution < 1.29 is 9.47 Å². The van der Waals surface area contributed by atoms with E-state index in [0.717, 1.165) is 38.2 Å². The van der Waals surface area contributed by atoms with Crippen LogP contribution in [0.25, 0.3) is 0 Å². The van der Waals surface area contributed by atoms with E-state index in [4.69, 9.17) is 26.9 Å². The summed E-state index contributed by atoms with van der Waals surface area (Å²) in [6, 6.07) is 7.54. The number of benzene rings is 1. The highest BCUT2D eigenvalue weighted by Gasteiger charge is 2.19. The SMILES string of the molecule is NNC(COc1ccc(Cl)cc1)CC1CCOCC1. The van der Waals surface area contributed by atoms with Crippen LogP contribution >= 0.6 is 11.6 Å². The first-order chi connectivity index (χ1) is 9.28. The summed E-state index contributed by atoms with van der Waals surface area (Å²) in [7, 11) is 0. The zero-order chi connectivity index (χ0) is 13.5. The molecule has 0 bridgehead atoms. The van der Waals surface area contributed by atoms with Crippen molar-refractivity contribution in [3.8, 4) is 5.75 Å². The van der Waals surface area contributed by atoms with Crippen LogP contribution in [0.1, 0.15) is 19.3 Å². The van der Waals surface area contributed by atoms with Gasteiger partial charge < -0.3 is 9.47 Å². The van der Waals surface area contributed by atoms with Gasteiger partial charge in [-0.3, -0.25) is 11.3 Å². The average molecular weight is 285 g/mol. The molecule has 1 aromatic carbocycles. The van der Waals surface area contributed by atoms with E-state index >= 15 is 0 Å². The van der Waals surface area contributed by atoms with E-state index in [-0.39, 0.29) is 6.04 Å². The molecule has 1 unspecified atom stereocenters. The van der Waals surface area contributed by atoms with Crippen LogP contribution < -0.4 is 16.0 Å². The molecule has 4 nitrogen and oxygen atoms in total. The summed E-state index contributed by atoms with van der Waals surface area (Å²) in [6.45, 7) is 2.29. The van der Waals surface area contributed by atoms with Crippen molar-refractivity contribution in [1.29, 1.82) is 0 Å². The lowest BCUT2D eigenvalue weighted by Gasteiger charge is -2.26. The number of halogens is 1. The van der Waals surface area contributed by atoms with Crippen molar-refractivity contribution in [3.63, 3.8) is 0 Å². The normalized spacial score (nSPS) is 18.2. The summed E-state index contributed by atoms with van der Waals surface area (Å²) in [6.07, 6.45) is 3.24. The molecule has 1 aromatic rings. The van der Waals surface area contributed by atoms with Crippen molar-refractivity contribution in [3.05, 3.63) is 29.3 Å². The Hall–Kier alpha value is -0.810. The van der Waals surface area contributed by atoms with Crippen molar-refractivity contribution >= 4 is 11.6 Å². The van der Waals surface area contributed by atoms with Crippen molar-refractivity contribution in [2.75, 3.05) is 19.8 Å². The Kier molecular flexibility index (Phi) is 5.92. The van der Waals surface area contributed by atoms with Gasteiger partial charge in [0.05, 0.1) is 6.04 Å². The molecule has 1 fully saturated rings. The molecule has 0 spiro atoms. The van der Waals surface area contributed by atoms with Crippen LogP contribution in [-0.4, -0.2) is 25.9 Å². The Labute approximate surface area is 119 Å². The largest absolute Gasteiger partial charge is 0.492 e. The summed E-state index contributed by atoms with van der Waals surface area (Å²) in [5, 5.41) is 0.711. The van der Waals surface area contributed by atoms with Gasteiger partial charge in [0.15, 0.2) is 0 Å². The van der Waals surface area contributed by atoms with Gasteiger partial charge in [0, 0.05) is 18.2 Å². The van der Waals surface area contributed by atoms with Crippen LogP contribution in [0.2, 0.25) is 5.02 Å². The molecule has 106 valence electrons. The zero-order valence-electron chi connectivity index (χ0n) is 11.0. The first-order valence-corrected chi connectivity index (χ1v) is 7.08. The number of rotatable bonds is 6. The third-order valence-corrected chi connectivity index (χ3v) is 3.71. The van der Waals surface area contributed by atoms with Crippen LogP contribution in [0.3, 0.4) is 0 Å². The molecule has 1 heterocycles. The van der Waals surface area contributed by atoms with Gasteiger partial charge in [0.25, 0.3) is 0 Å². The van der Waals surface area contributed by atoms with Crippen molar-refractivity contribution in [1.82, 2.24) is 5.43 Å². The number of nitrogens with two attached hydrogens (primary N) is 1. The van der Waals surface area contributed by atoms with Gasteiger partial charge in [0.1, 0.15) is 12.4 Å². The number of hydrogen-bond acceptors (Lipinski definition) is 4. The molecule has 1 aliphatic rings. The highest BCUT2D eigenvalue weighted by molar-refractivity contribution is 6.30.